The van der Waals surface area contributed by atoms with Gasteiger partial charge in [-0.15, -0.1) is 0 Å². The number of carboxylic acid groups (broad SMARTS) is 1. The van der Waals surface area contributed by atoms with Crippen LogP contribution in [0.15, 0.2) is 18.2 Å². The highest BCUT2D eigenvalue weighted by Crippen LogP contribution is 2.28. The summed E-state index contributed by atoms with van der Waals surface area (Å²) in [6, 6.07) is 2.86. The lowest BCUT2D eigenvalue weighted by Gasteiger charge is -2.28. The molecule has 0 aliphatic carbocycles. The van der Waals surface area contributed by atoms with Gasteiger partial charge < -0.3 is 30.0 Å². The zero-order chi connectivity index (χ0) is 24.7. The summed E-state index contributed by atoms with van der Waals surface area (Å²) in [7, 11) is 2.99. The first-order valence-corrected chi connectivity index (χ1v) is 10.4. The molecule has 0 bridgehead atoms. The van der Waals surface area contributed by atoms with Crippen LogP contribution >= 0.6 is 0 Å². The molecule has 0 saturated heterocycles. The molecule has 0 aromatic heterocycles. The number of rotatable bonds is 9. The summed E-state index contributed by atoms with van der Waals surface area (Å²) in [5, 5.41) is 14.8. The fraction of sp³-hybridized carbons (Fsp3) is 0.609. The SMILES string of the molecule is COc1ccc(C[C@H](NC(=O)[C@@H](CC(C)(C)C)NC(=O)OC(C)(C)C)C(=O)O)cc1OC. The Bertz CT molecular complexity index is 810. The molecule has 0 saturated carbocycles. The molecule has 0 aliphatic rings. The summed E-state index contributed by atoms with van der Waals surface area (Å²) in [5.41, 5.74) is -0.397. The van der Waals surface area contributed by atoms with Gasteiger partial charge in [-0.25, -0.2) is 9.59 Å². The van der Waals surface area contributed by atoms with Crippen LogP contribution in [0.1, 0.15) is 53.5 Å². The number of hydrogen-bond acceptors (Lipinski definition) is 6. The van der Waals surface area contributed by atoms with Crippen LogP contribution in [0.4, 0.5) is 4.79 Å². The van der Waals surface area contributed by atoms with Crippen LogP contribution < -0.4 is 20.1 Å². The number of carboxylic acids is 1. The Kier molecular flexibility index (Phi) is 9.35. The number of benzene rings is 1. The number of carbonyl (C=O) groups is 3. The van der Waals surface area contributed by atoms with Gasteiger partial charge in [0.05, 0.1) is 14.2 Å². The Hall–Kier alpha value is -2.97. The maximum atomic E-state index is 13.0. The van der Waals surface area contributed by atoms with Gasteiger partial charge in [0.15, 0.2) is 11.5 Å². The summed E-state index contributed by atoms with van der Waals surface area (Å²) in [6.07, 6.45) is -0.426. The molecular weight excluding hydrogens is 416 g/mol. The third-order valence-corrected chi connectivity index (χ3v) is 4.33. The highest BCUT2D eigenvalue weighted by atomic mass is 16.6. The molecule has 0 spiro atoms. The van der Waals surface area contributed by atoms with E-state index in [0.29, 0.717) is 23.5 Å². The number of hydrogen-bond donors (Lipinski definition) is 3. The van der Waals surface area contributed by atoms with Crippen molar-refractivity contribution in [2.24, 2.45) is 5.41 Å². The lowest BCUT2D eigenvalue weighted by molar-refractivity contribution is -0.142. The van der Waals surface area contributed by atoms with Crippen LogP contribution in [0.5, 0.6) is 11.5 Å². The standard InChI is InChI=1S/C23H36N2O7/c1-22(2,3)13-16(25-21(29)32-23(4,5)6)19(26)24-15(20(27)28)11-14-9-10-17(30-7)18(12-14)31-8/h9-10,12,15-16H,11,13H2,1-8H3,(H,24,26)(H,25,29)(H,27,28)/t15-,16+/m0/s1. The Morgan fingerprint density at radius 2 is 1.53 bits per heavy atom. The molecule has 0 unspecified atom stereocenters. The van der Waals surface area contributed by atoms with E-state index in [1.54, 1.807) is 39.0 Å². The van der Waals surface area contributed by atoms with Crippen molar-refractivity contribution in [1.82, 2.24) is 10.6 Å². The zero-order valence-corrected chi connectivity index (χ0v) is 20.2. The highest BCUT2D eigenvalue weighted by Gasteiger charge is 2.31. The number of methoxy groups -OCH3 is 2. The Morgan fingerprint density at radius 1 is 0.938 bits per heavy atom. The fourth-order valence-corrected chi connectivity index (χ4v) is 2.99. The molecule has 2 atom stereocenters. The fourth-order valence-electron chi connectivity index (χ4n) is 2.99. The van der Waals surface area contributed by atoms with Gasteiger partial charge in [0.25, 0.3) is 0 Å². The Balaban J connectivity index is 3.02. The topological polar surface area (TPSA) is 123 Å². The van der Waals surface area contributed by atoms with Gasteiger partial charge in [0.2, 0.25) is 5.91 Å². The summed E-state index contributed by atoms with van der Waals surface area (Å²) >= 11 is 0. The largest absolute Gasteiger partial charge is 0.493 e. The van der Waals surface area contributed by atoms with Crippen molar-refractivity contribution in [2.75, 3.05) is 14.2 Å². The van der Waals surface area contributed by atoms with Gasteiger partial charge in [-0.2, -0.15) is 0 Å². The van der Waals surface area contributed by atoms with E-state index in [9.17, 15) is 19.5 Å². The van der Waals surface area contributed by atoms with Crippen LogP contribution in [0.3, 0.4) is 0 Å². The molecule has 1 aromatic rings. The van der Waals surface area contributed by atoms with Gasteiger partial charge >= 0.3 is 12.1 Å². The molecule has 1 aromatic carbocycles. The van der Waals surface area contributed by atoms with E-state index in [4.69, 9.17) is 14.2 Å². The van der Waals surface area contributed by atoms with Gasteiger partial charge in [0.1, 0.15) is 17.7 Å². The molecule has 3 N–H and O–H groups in total. The lowest BCUT2D eigenvalue weighted by Crippen LogP contribution is -2.53. The summed E-state index contributed by atoms with van der Waals surface area (Å²) in [6.45, 7) is 10.9. The van der Waals surface area contributed by atoms with Crippen molar-refractivity contribution < 1.29 is 33.7 Å². The van der Waals surface area contributed by atoms with Crippen molar-refractivity contribution in [1.29, 1.82) is 0 Å². The molecule has 180 valence electrons. The van der Waals surface area contributed by atoms with Crippen molar-refractivity contribution in [3.8, 4) is 11.5 Å². The number of ether oxygens (including phenoxy) is 3. The van der Waals surface area contributed by atoms with E-state index in [2.05, 4.69) is 10.6 Å². The zero-order valence-electron chi connectivity index (χ0n) is 20.2. The third-order valence-electron chi connectivity index (χ3n) is 4.33. The molecule has 2 amide bonds. The average molecular weight is 453 g/mol. The molecule has 32 heavy (non-hydrogen) atoms. The molecule has 0 heterocycles. The van der Waals surface area contributed by atoms with Crippen molar-refractivity contribution in [3.05, 3.63) is 23.8 Å². The van der Waals surface area contributed by atoms with Crippen LogP contribution in [0.2, 0.25) is 0 Å². The van der Waals surface area contributed by atoms with Gasteiger partial charge in [-0.05, 0) is 50.3 Å². The van der Waals surface area contributed by atoms with Crippen LogP contribution in [0, 0.1) is 5.41 Å². The van der Waals surface area contributed by atoms with E-state index >= 15 is 0 Å². The number of carbonyl (C=O) groups excluding carboxylic acids is 2. The minimum Gasteiger partial charge on any atom is -0.493 e. The normalized spacial score (nSPS) is 13.5. The molecule has 9 nitrogen and oxygen atoms in total. The third kappa shape index (κ3) is 9.45. The van der Waals surface area contributed by atoms with Crippen LogP contribution in [-0.4, -0.2) is 55.0 Å². The maximum Gasteiger partial charge on any atom is 0.408 e. The van der Waals surface area contributed by atoms with E-state index in [1.807, 2.05) is 20.8 Å². The van der Waals surface area contributed by atoms with Crippen molar-refractivity contribution in [2.45, 2.75) is 72.1 Å². The first kappa shape index (κ1) is 27.1. The molecule has 0 fully saturated rings. The molecule has 0 aliphatic heterocycles. The first-order chi connectivity index (χ1) is 14.6. The summed E-state index contributed by atoms with van der Waals surface area (Å²) < 4.78 is 15.7. The second kappa shape index (κ2) is 11.1. The molecule has 9 heteroatoms. The van der Waals surface area contributed by atoms with Crippen LogP contribution in [-0.2, 0) is 20.7 Å². The van der Waals surface area contributed by atoms with E-state index in [-0.39, 0.29) is 11.8 Å². The maximum absolute atomic E-state index is 13.0. The average Bonchev–Trinajstić information content (AvgIpc) is 2.63. The summed E-state index contributed by atoms with van der Waals surface area (Å²) in [4.78, 5) is 37.1. The molecule has 1 rings (SSSR count). The second-order valence-corrected chi connectivity index (χ2v) is 9.76. The van der Waals surface area contributed by atoms with Gasteiger partial charge in [0, 0.05) is 6.42 Å². The number of amides is 2. The highest BCUT2D eigenvalue weighted by molar-refractivity contribution is 5.89. The van der Waals surface area contributed by atoms with Crippen molar-refractivity contribution in [3.63, 3.8) is 0 Å². The van der Waals surface area contributed by atoms with Crippen molar-refractivity contribution >= 4 is 18.0 Å². The van der Waals surface area contributed by atoms with Gasteiger partial charge in [-0.1, -0.05) is 26.8 Å². The van der Waals surface area contributed by atoms with E-state index < -0.39 is 35.7 Å². The summed E-state index contributed by atoms with van der Waals surface area (Å²) in [5.74, 6) is -0.824. The Labute approximate surface area is 189 Å². The van der Waals surface area contributed by atoms with E-state index in [0.717, 1.165) is 0 Å². The van der Waals surface area contributed by atoms with E-state index in [1.165, 1.54) is 14.2 Å². The van der Waals surface area contributed by atoms with Gasteiger partial charge in [-0.3, -0.25) is 4.79 Å². The monoisotopic (exact) mass is 452 g/mol. The van der Waals surface area contributed by atoms with Crippen LogP contribution in [0.25, 0.3) is 0 Å². The number of nitrogens with one attached hydrogen (secondary N) is 2. The predicted octanol–water partition coefficient (Wildman–Crippen LogP) is 3.15. The smallest absolute Gasteiger partial charge is 0.408 e. The number of alkyl carbamates (subject to hydrolysis) is 1. The first-order valence-electron chi connectivity index (χ1n) is 10.4. The minimum atomic E-state index is -1.21. The number of aliphatic carboxylic acids is 1. The second-order valence-electron chi connectivity index (χ2n) is 9.76. The predicted molar refractivity (Wildman–Crippen MR) is 120 cm³/mol. The lowest BCUT2D eigenvalue weighted by atomic mass is 9.87. The Morgan fingerprint density at radius 3 is 2.00 bits per heavy atom. The minimum absolute atomic E-state index is 0.0239. The quantitative estimate of drug-likeness (QED) is 0.526. The molecule has 0 radical (unpaired) electrons. The molecular formula is C23H36N2O7.